The molecule has 1 aliphatic rings. The number of hydrogen-bond donors (Lipinski definition) is 3. The average molecular weight is 391 g/mol. The van der Waals surface area contributed by atoms with Crippen molar-refractivity contribution < 1.29 is 14.3 Å². The first-order chi connectivity index (χ1) is 14.1. The van der Waals surface area contributed by atoms with Crippen LogP contribution in [0.2, 0.25) is 0 Å². The van der Waals surface area contributed by atoms with E-state index in [0.717, 1.165) is 46.3 Å². The van der Waals surface area contributed by atoms with E-state index in [4.69, 9.17) is 4.74 Å². The number of aryl methyl sites for hydroxylation is 1. The van der Waals surface area contributed by atoms with E-state index in [1.54, 1.807) is 7.11 Å². The van der Waals surface area contributed by atoms with Crippen molar-refractivity contribution in [3.8, 4) is 17.0 Å². The summed E-state index contributed by atoms with van der Waals surface area (Å²) in [5.74, 6) is 0.559. The molecule has 0 bridgehead atoms. The summed E-state index contributed by atoms with van der Waals surface area (Å²) >= 11 is 0. The van der Waals surface area contributed by atoms with Crippen LogP contribution in [-0.4, -0.2) is 36.5 Å². The van der Waals surface area contributed by atoms with Crippen molar-refractivity contribution in [1.29, 1.82) is 0 Å². The first-order valence-corrected chi connectivity index (χ1v) is 9.94. The highest BCUT2D eigenvalue weighted by molar-refractivity contribution is 5.92. The molecule has 0 unspecified atom stereocenters. The predicted molar refractivity (Wildman–Crippen MR) is 113 cm³/mol. The fourth-order valence-corrected chi connectivity index (χ4v) is 3.48. The van der Waals surface area contributed by atoms with Gasteiger partial charge in [-0.1, -0.05) is 18.2 Å². The number of aromatic amines is 1. The van der Waals surface area contributed by atoms with Crippen LogP contribution < -0.4 is 15.4 Å². The van der Waals surface area contributed by atoms with Crippen LogP contribution in [0.1, 0.15) is 24.8 Å². The predicted octanol–water partition coefficient (Wildman–Crippen LogP) is 3.17. The van der Waals surface area contributed by atoms with Gasteiger partial charge in [0.05, 0.1) is 13.7 Å². The minimum atomic E-state index is -0.123. The van der Waals surface area contributed by atoms with E-state index in [1.165, 1.54) is 0 Å². The van der Waals surface area contributed by atoms with Gasteiger partial charge in [-0.25, -0.2) is 0 Å². The molecule has 3 N–H and O–H groups in total. The molecular weight excluding hydrogens is 366 g/mol. The van der Waals surface area contributed by atoms with Crippen molar-refractivity contribution in [2.24, 2.45) is 0 Å². The quantitative estimate of drug-likeness (QED) is 0.552. The SMILES string of the molecule is COc1ccc(-c2[nH]c3ccccc3c2CCC(=O)NCC(=O)NC2CC2)cc1. The Morgan fingerprint density at radius 1 is 1.07 bits per heavy atom. The maximum Gasteiger partial charge on any atom is 0.239 e. The third kappa shape index (κ3) is 4.59. The van der Waals surface area contributed by atoms with Crippen LogP contribution in [0, 0.1) is 0 Å². The Bertz CT molecular complexity index is 1020. The second kappa shape index (κ2) is 8.39. The number of nitrogens with one attached hydrogen (secondary N) is 3. The van der Waals surface area contributed by atoms with Gasteiger partial charge in [0, 0.05) is 29.1 Å². The van der Waals surface area contributed by atoms with Crippen molar-refractivity contribution in [3.05, 3.63) is 54.1 Å². The molecule has 0 saturated heterocycles. The van der Waals surface area contributed by atoms with E-state index in [1.807, 2.05) is 42.5 Å². The average Bonchev–Trinajstić information content (AvgIpc) is 3.48. The number of fused-ring (bicyclic) bond motifs is 1. The molecule has 4 rings (SSSR count). The number of H-pyrrole nitrogens is 1. The van der Waals surface area contributed by atoms with Crippen LogP contribution in [0.4, 0.5) is 0 Å². The summed E-state index contributed by atoms with van der Waals surface area (Å²) in [6.07, 6.45) is 2.98. The van der Waals surface area contributed by atoms with Gasteiger partial charge in [-0.3, -0.25) is 9.59 Å². The zero-order chi connectivity index (χ0) is 20.2. The Morgan fingerprint density at radius 2 is 1.83 bits per heavy atom. The summed E-state index contributed by atoms with van der Waals surface area (Å²) in [4.78, 5) is 27.5. The molecule has 1 fully saturated rings. The molecular formula is C23H25N3O3. The molecule has 2 aromatic carbocycles. The topological polar surface area (TPSA) is 83.2 Å². The molecule has 0 aliphatic heterocycles. The normalized spacial score (nSPS) is 13.3. The fourth-order valence-electron chi connectivity index (χ4n) is 3.48. The number of benzene rings is 2. The molecule has 1 aliphatic carbocycles. The van der Waals surface area contributed by atoms with E-state index in [0.29, 0.717) is 18.9 Å². The fraction of sp³-hybridized carbons (Fsp3) is 0.304. The molecule has 1 aromatic heterocycles. The Hall–Kier alpha value is -3.28. The van der Waals surface area contributed by atoms with Gasteiger partial charge >= 0.3 is 0 Å². The summed E-state index contributed by atoms with van der Waals surface area (Å²) in [6, 6.07) is 16.3. The Morgan fingerprint density at radius 3 is 2.55 bits per heavy atom. The number of amides is 2. The van der Waals surface area contributed by atoms with Gasteiger partial charge in [0.2, 0.25) is 11.8 Å². The van der Waals surface area contributed by atoms with Crippen LogP contribution in [0.15, 0.2) is 48.5 Å². The first kappa shape index (κ1) is 19.1. The molecule has 1 saturated carbocycles. The number of para-hydroxylation sites is 1. The van der Waals surface area contributed by atoms with E-state index >= 15 is 0 Å². The van der Waals surface area contributed by atoms with Gasteiger partial charge in [-0.15, -0.1) is 0 Å². The summed E-state index contributed by atoms with van der Waals surface area (Å²) in [7, 11) is 1.65. The van der Waals surface area contributed by atoms with Crippen molar-refractivity contribution in [2.45, 2.75) is 31.7 Å². The van der Waals surface area contributed by atoms with Gasteiger partial charge in [0.25, 0.3) is 0 Å². The van der Waals surface area contributed by atoms with Crippen LogP contribution in [0.25, 0.3) is 22.2 Å². The van der Waals surface area contributed by atoms with Crippen LogP contribution >= 0.6 is 0 Å². The lowest BCUT2D eigenvalue weighted by molar-refractivity contribution is -0.126. The molecule has 29 heavy (non-hydrogen) atoms. The van der Waals surface area contributed by atoms with E-state index in [-0.39, 0.29) is 18.4 Å². The smallest absolute Gasteiger partial charge is 0.239 e. The van der Waals surface area contributed by atoms with Crippen molar-refractivity contribution >= 4 is 22.7 Å². The number of rotatable bonds is 8. The van der Waals surface area contributed by atoms with Crippen molar-refractivity contribution in [3.63, 3.8) is 0 Å². The van der Waals surface area contributed by atoms with Gasteiger partial charge in [0.15, 0.2) is 0 Å². The summed E-state index contributed by atoms with van der Waals surface area (Å²) < 4.78 is 5.25. The van der Waals surface area contributed by atoms with Crippen molar-refractivity contribution in [1.82, 2.24) is 15.6 Å². The standard InChI is InChI=1S/C23H25N3O3/c1-29-17-10-6-15(7-11-17)23-19(18-4-2-3-5-20(18)26-23)12-13-21(27)24-14-22(28)25-16-8-9-16/h2-7,10-11,16,26H,8-9,12-14H2,1H3,(H,24,27)(H,25,28). The molecule has 2 amide bonds. The third-order valence-corrected chi connectivity index (χ3v) is 5.18. The van der Waals surface area contributed by atoms with Gasteiger partial charge < -0.3 is 20.4 Å². The molecule has 0 radical (unpaired) electrons. The van der Waals surface area contributed by atoms with Crippen LogP contribution in [-0.2, 0) is 16.0 Å². The number of carbonyl (C=O) groups is 2. The number of hydrogen-bond acceptors (Lipinski definition) is 3. The van der Waals surface area contributed by atoms with Gasteiger partial charge in [-0.2, -0.15) is 0 Å². The highest BCUT2D eigenvalue weighted by atomic mass is 16.5. The lowest BCUT2D eigenvalue weighted by atomic mass is 10.0. The third-order valence-electron chi connectivity index (χ3n) is 5.18. The summed E-state index contributed by atoms with van der Waals surface area (Å²) in [5, 5.41) is 6.71. The number of methoxy groups -OCH3 is 1. The zero-order valence-corrected chi connectivity index (χ0v) is 16.5. The van der Waals surface area contributed by atoms with E-state index in [2.05, 4.69) is 21.7 Å². The lowest BCUT2D eigenvalue weighted by Crippen LogP contribution is -2.37. The summed E-state index contributed by atoms with van der Waals surface area (Å²) in [5.41, 5.74) is 4.19. The van der Waals surface area contributed by atoms with Gasteiger partial charge in [-0.05, 0) is 60.7 Å². The molecule has 6 nitrogen and oxygen atoms in total. The molecule has 0 spiro atoms. The Balaban J connectivity index is 1.48. The first-order valence-electron chi connectivity index (χ1n) is 9.94. The van der Waals surface area contributed by atoms with Crippen LogP contribution in [0.5, 0.6) is 5.75 Å². The number of ether oxygens (including phenoxy) is 1. The molecule has 1 heterocycles. The lowest BCUT2D eigenvalue weighted by Gasteiger charge is -2.08. The minimum absolute atomic E-state index is 0.0363. The highest BCUT2D eigenvalue weighted by Crippen LogP contribution is 2.32. The summed E-state index contributed by atoms with van der Waals surface area (Å²) in [6.45, 7) is 0.0363. The zero-order valence-electron chi connectivity index (χ0n) is 16.5. The largest absolute Gasteiger partial charge is 0.497 e. The van der Waals surface area contributed by atoms with Gasteiger partial charge in [0.1, 0.15) is 5.75 Å². The molecule has 6 heteroatoms. The minimum Gasteiger partial charge on any atom is -0.497 e. The second-order valence-corrected chi connectivity index (χ2v) is 7.37. The maximum absolute atomic E-state index is 12.3. The number of aromatic nitrogens is 1. The molecule has 3 aromatic rings. The molecule has 0 atom stereocenters. The van der Waals surface area contributed by atoms with Crippen LogP contribution in [0.3, 0.4) is 0 Å². The Labute approximate surface area is 169 Å². The van der Waals surface area contributed by atoms with E-state index < -0.39 is 0 Å². The second-order valence-electron chi connectivity index (χ2n) is 7.37. The van der Waals surface area contributed by atoms with E-state index in [9.17, 15) is 9.59 Å². The monoisotopic (exact) mass is 391 g/mol. The number of carbonyl (C=O) groups excluding carboxylic acids is 2. The molecule has 150 valence electrons. The van der Waals surface area contributed by atoms with Crippen molar-refractivity contribution in [2.75, 3.05) is 13.7 Å². The highest BCUT2D eigenvalue weighted by Gasteiger charge is 2.23. The Kier molecular flexibility index (Phi) is 5.51. The maximum atomic E-state index is 12.3.